The molecule has 0 aromatic heterocycles. The molecule has 0 bridgehead atoms. The number of aliphatic imine (C=N–C) groups is 1. The molecule has 0 amide bonds. The highest BCUT2D eigenvalue weighted by Gasteiger charge is 1.84. The molecule has 9 heavy (non-hydrogen) atoms. The topological polar surface area (TPSA) is 29.4 Å². The Morgan fingerprint density at radius 2 is 2.11 bits per heavy atom. The smallest absolute Gasteiger partial charge is 0.211 e. The molecule has 0 rings (SSSR count). The van der Waals surface area contributed by atoms with Crippen molar-refractivity contribution in [3.05, 3.63) is 0 Å². The van der Waals surface area contributed by atoms with E-state index in [1.807, 2.05) is 0 Å². The third-order valence-corrected chi connectivity index (χ3v) is 1.73. The number of isocyanates is 1. The summed E-state index contributed by atoms with van der Waals surface area (Å²) in [5.74, 6) is 0. The van der Waals surface area contributed by atoms with Gasteiger partial charge in [-0.1, -0.05) is 29.0 Å². The standard InChI is InChI=1S/C6H10INO/c7-4-2-1-3-5-8-6-9/h1-5H2. The summed E-state index contributed by atoms with van der Waals surface area (Å²) >= 11 is 2.34. The first kappa shape index (κ1) is 9.11. The summed E-state index contributed by atoms with van der Waals surface area (Å²) in [5.41, 5.74) is 0. The summed E-state index contributed by atoms with van der Waals surface area (Å²) in [4.78, 5) is 13.0. The third-order valence-electron chi connectivity index (χ3n) is 0.968. The van der Waals surface area contributed by atoms with Crippen LogP contribution in [0.4, 0.5) is 0 Å². The van der Waals surface area contributed by atoms with Crippen LogP contribution in [0.15, 0.2) is 4.99 Å². The van der Waals surface area contributed by atoms with Crippen molar-refractivity contribution in [1.29, 1.82) is 0 Å². The molecule has 0 aliphatic rings. The Bertz CT molecular complexity index is 99.2. The number of nitrogens with zero attached hydrogens (tertiary/aromatic N) is 1. The number of carbonyl (C=O) groups excluding carboxylic acids is 1. The average Bonchev–Trinajstić information content (AvgIpc) is 1.89. The van der Waals surface area contributed by atoms with Gasteiger partial charge in [-0.25, -0.2) is 9.79 Å². The van der Waals surface area contributed by atoms with Crippen molar-refractivity contribution in [2.75, 3.05) is 11.0 Å². The van der Waals surface area contributed by atoms with Crippen molar-refractivity contribution in [3.8, 4) is 0 Å². The predicted molar refractivity (Wildman–Crippen MR) is 45.7 cm³/mol. The fourth-order valence-corrected chi connectivity index (χ4v) is 1.05. The van der Waals surface area contributed by atoms with Crippen molar-refractivity contribution in [2.24, 2.45) is 4.99 Å². The maximum atomic E-state index is 9.54. The van der Waals surface area contributed by atoms with Crippen molar-refractivity contribution < 1.29 is 4.79 Å². The number of unbranched alkanes of at least 4 members (excludes halogenated alkanes) is 2. The molecule has 0 N–H and O–H groups in total. The van der Waals surface area contributed by atoms with Crippen LogP contribution in [0.1, 0.15) is 19.3 Å². The third kappa shape index (κ3) is 8.11. The Morgan fingerprint density at radius 3 is 2.67 bits per heavy atom. The van der Waals surface area contributed by atoms with E-state index < -0.39 is 0 Å². The van der Waals surface area contributed by atoms with E-state index in [9.17, 15) is 4.79 Å². The summed E-state index contributed by atoms with van der Waals surface area (Å²) in [6.45, 7) is 0.653. The molecule has 0 aromatic rings. The van der Waals surface area contributed by atoms with Crippen LogP contribution in [0, 0.1) is 0 Å². The summed E-state index contributed by atoms with van der Waals surface area (Å²) in [6, 6.07) is 0. The first-order chi connectivity index (χ1) is 4.41. The monoisotopic (exact) mass is 239 g/mol. The van der Waals surface area contributed by atoms with Gasteiger partial charge < -0.3 is 0 Å². The summed E-state index contributed by atoms with van der Waals surface area (Å²) in [5, 5.41) is 0. The van der Waals surface area contributed by atoms with Crippen LogP contribution in [-0.2, 0) is 4.79 Å². The summed E-state index contributed by atoms with van der Waals surface area (Å²) in [6.07, 6.45) is 4.95. The molecule has 0 saturated heterocycles. The molecule has 3 heteroatoms. The van der Waals surface area contributed by atoms with Crippen molar-refractivity contribution in [3.63, 3.8) is 0 Å². The van der Waals surface area contributed by atoms with Crippen LogP contribution in [0.25, 0.3) is 0 Å². The molecule has 0 heterocycles. The number of hydrogen-bond donors (Lipinski definition) is 0. The maximum Gasteiger partial charge on any atom is 0.234 e. The van der Waals surface area contributed by atoms with E-state index >= 15 is 0 Å². The molecule has 0 aliphatic carbocycles. The largest absolute Gasteiger partial charge is 0.234 e. The summed E-state index contributed by atoms with van der Waals surface area (Å²) < 4.78 is 1.20. The minimum atomic E-state index is 0.653. The maximum absolute atomic E-state index is 9.54. The van der Waals surface area contributed by atoms with Gasteiger partial charge in [0.05, 0.1) is 6.54 Å². The van der Waals surface area contributed by atoms with Crippen LogP contribution in [0.2, 0.25) is 0 Å². The van der Waals surface area contributed by atoms with Crippen LogP contribution in [0.5, 0.6) is 0 Å². The normalized spacial score (nSPS) is 8.56. The van der Waals surface area contributed by atoms with Gasteiger partial charge in [-0.15, -0.1) is 0 Å². The Kier molecular flexibility index (Phi) is 8.21. The van der Waals surface area contributed by atoms with Gasteiger partial charge in [0.1, 0.15) is 0 Å². The molecule has 0 atom stereocenters. The number of hydrogen-bond acceptors (Lipinski definition) is 2. The van der Waals surface area contributed by atoms with E-state index in [-0.39, 0.29) is 0 Å². The quantitative estimate of drug-likeness (QED) is 0.237. The highest BCUT2D eigenvalue weighted by molar-refractivity contribution is 14.1. The van der Waals surface area contributed by atoms with E-state index in [2.05, 4.69) is 27.6 Å². The minimum Gasteiger partial charge on any atom is -0.211 e. The lowest BCUT2D eigenvalue weighted by Gasteiger charge is -1.90. The first-order valence-corrected chi connectivity index (χ1v) is 4.54. The van der Waals surface area contributed by atoms with Gasteiger partial charge in [-0.05, 0) is 17.3 Å². The van der Waals surface area contributed by atoms with E-state index in [1.54, 1.807) is 0 Å². The number of rotatable bonds is 5. The van der Waals surface area contributed by atoms with E-state index in [0.717, 1.165) is 6.42 Å². The zero-order valence-electron chi connectivity index (χ0n) is 5.27. The number of halogens is 1. The van der Waals surface area contributed by atoms with Crippen LogP contribution in [0.3, 0.4) is 0 Å². The average molecular weight is 239 g/mol. The van der Waals surface area contributed by atoms with Crippen LogP contribution in [-0.4, -0.2) is 17.1 Å². The highest BCUT2D eigenvalue weighted by atomic mass is 127. The Hall–Kier alpha value is 0.110. The second-order valence-corrected chi connectivity index (χ2v) is 2.80. The van der Waals surface area contributed by atoms with E-state index in [0.29, 0.717) is 6.54 Å². The summed E-state index contributed by atoms with van der Waals surface area (Å²) in [7, 11) is 0. The van der Waals surface area contributed by atoms with Crippen molar-refractivity contribution >= 4 is 28.7 Å². The zero-order chi connectivity index (χ0) is 6.95. The molecular formula is C6H10INO. The molecule has 0 spiro atoms. The minimum absolute atomic E-state index is 0.653. The van der Waals surface area contributed by atoms with Gasteiger partial charge in [-0.3, -0.25) is 0 Å². The molecule has 0 unspecified atom stereocenters. The number of alkyl halides is 1. The SMILES string of the molecule is O=C=NCCCCCI. The second kappa shape index (κ2) is 8.11. The van der Waals surface area contributed by atoms with Gasteiger partial charge in [0, 0.05) is 0 Å². The lowest BCUT2D eigenvalue weighted by molar-refractivity contribution is 0.562. The first-order valence-electron chi connectivity index (χ1n) is 3.01. The Balaban J connectivity index is 2.82. The zero-order valence-corrected chi connectivity index (χ0v) is 7.43. The van der Waals surface area contributed by atoms with Gasteiger partial charge in [-0.2, -0.15) is 0 Å². The predicted octanol–water partition coefficient (Wildman–Crippen LogP) is 1.93. The molecule has 0 aliphatic heterocycles. The molecule has 0 radical (unpaired) electrons. The van der Waals surface area contributed by atoms with Gasteiger partial charge in [0.2, 0.25) is 6.08 Å². The Morgan fingerprint density at radius 1 is 1.33 bits per heavy atom. The van der Waals surface area contributed by atoms with Gasteiger partial charge >= 0.3 is 0 Å². The fourth-order valence-electron chi connectivity index (χ4n) is 0.508. The lowest BCUT2D eigenvalue weighted by atomic mass is 10.2. The van der Waals surface area contributed by atoms with E-state index in [1.165, 1.54) is 23.3 Å². The molecule has 52 valence electrons. The highest BCUT2D eigenvalue weighted by Crippen LogP contribution is 1.97. The molecular weight excluding hydrogens is 229 g/mol. The molecule has 0 aromatic carbocycles. The van der Waals surface area contributed by atoms with Crippen molar-refractivity contribution in [2.45, 2.75) is 19.3 Å². The fraction of sp³-hybridized carbons (Fsp3) is 0.833. The molecule has 0 fully saturated rings. The molecule has 0 saturated carbocycles. The van der Waals surface area contributed by atoms with Crippen LogP contribution >= 0.6 is 22.6 Å². The van der Waals surface area contributed by atoms with Gasteiger partial charge in [0.15, 0.2) is 0 Å². The van der Waals surface area contributed by atoms with Gasteiger partial charge in [0.25, 0.3) is 0 Å². The van der Waals surface area contributed by atoms with E-state index in [4.69, 9.17) is 0 Å². The van der Waals surface area contributed by atoms with Crippen LogP contribution < -0.4 is 0 Å². The molecule has 2 nitrogen and oxygen atoms in total. The van der Waals surface area contributed by atoms with Crippen molar-refractivity contribution in [1.82, 2.24) is 0 Å². The second-order valence-electron chi connectivity index (χ2n) is 1.72. The lowest BCUT2D eigenvalue weighted by Crippen LogP contribution is -1.81. The Labute approximate surface area is 68.9 Å².